The lowest BCUT2D eigenvalue weighted by atomic mass is 9.97. The van der Waals surface area contributed by atoms with Crippen molar-refractivity contribution in [3.63, 3.8) is 0 Å². The fourth-order valence-corrected chi connectivity index (χ4v) is 4.95. The number of ether oxygens (including phenoxy) is 4. The standard InChI is InChI=1S/C35H37NO6/c1-39-31-21-29(22-32(40-2)34(31)42-4)35(38)36(20-10-13-25-11-6-5-7-12-25)24-26-16-18-27(19-17-26)30-15-9-8-14-28(30)23-33(37)41-3/h5-9,11-12,14-19,21-22H,10,13,20,23-24H2,1-4H3. The molecule has 0 aromatic heterocycles. The van der Waals surface area contributed by atoms with E-state index >= 15 is 0 Å². The van der Waals surface area contributed by atoms with E-state index in [0.29, 0.717) is 35.9 Å². The molecule has 1 amide bonds. The molecular formula is C35H37NO6. The molecule has 7 nitrogen and oxygen atoms in total. The van der Waals surface area contributed by atoms with Crippen LogP contribution in [0, 0.1) is 0 Å². The van der Waals surface area contributed by atoms with Crippen molar-refractivity contribution in [1.29, 1.82) is 0 Å². The van der Waals surface area contributed by atoms with Crippen LogP contribution >= 0.6 is 0 Å². The third-order valence-electron chi connectivity index (χ3n) is 7.15. The first kappa shape index (κ1) is 30.2. The molecule has 0 N–H and O–H groups in total. The molecule has 7 heteroatoms. The summed E-state index contributed by atoms with van der Waals surface area (Å²) in [5.41, 5.74) is 5.54. The minimum atomic E-state index is -0.282. The number of esters is 1. The fraction of sp³-hybridized carbons (Fsp3) is 0.257. The first-order valence-corrected chi connectivity index (χ1v) is 13.8. The fourth-order valence-electron chi connectivity index (χ4n) is 4.95. The summed E-state index contributed by atoms with van der Waals surface area (Å²) < 4.78 is 21.3. The van der Waals surface area contributed by atoms with Gasteiger partial charge in [0.25, 0.3) is 5.91 Å². The molecule has 0 aliphatic heterocycles. The Morgan fingerprint density at radius 1 is 0.714 bits per heavy atom. The van der Waals surface area contributed by atoms with Gasteiger partial charge in [-0.2, -0.15) is 0 Å². The molecule has 0 aliphatic rings. The highest BCUT2D eigenvalue weighted by Crippen LogP contribution is 2.38. The second-order valence-corrected chi connectivity index (χ2v) is 9.84. The van der Waals surface area contributed by atoms with E-state index in [4.69, 9.17) is 18.9 Å². The van der Waals surface area contributed by atoms with Gasteiger partial charge in [-0.25, -0.2) is 0 Å². The molecule has 0 saturated carbocycles. The minimum Gasteiger partial charge on any atom is -0.493 e. The zero-order valence-electron chi connectivity index (χ0n) is 24.6. The number of rotatable bonds is 13. The zero-order chi connectivity index (χ0) is 29.9. The van der Waals surface area contributed by atoms with Gasteiger partial charge in [-0.15, -0.1) is 0 Å². The number of aryl methyl sites for hydroxylation is 1. The molecule has 0 fully saturated rings. The highest BCUT2D eigenvalue weighted by molar-refractivity contribution is 5.95. The van der Waals surface area contributed by atoms with E-state index in [1.165, 1.54) is 34.0 Å². The second kappa shape index (κ2) is 14.7. The zero-order valence-corrected chi connectivity index (χ0v) is 24.6. The molecule has 4 rings (SSSR count). The number of nitrogens with zero attached hydrogens (tertiary/aromatic N) is 1. The summed E-state index contributed by atoms with van der Waals surface area (Å²) in [6.45, 7) is 0.989. The first-order chi connectivity index (χ1) is 20.5. The van der Waals surface area contributed by atoms with Crippen molar-refractivity contribution in [2.24, 2.45) is 0 Å². The van der Waals surface area contributed by atoms with Gasteiger partial charge in [0, 0.05) is 18.7 Å². The predicted molar refractivity (Wildman–Crippen MR) is 163 cm³/mol. The maximum Gasteiger partial charge on any atom is 0.309 e. The Morgan fingerprint density at radius 2 is 1.36 bits per heavy atom. The van der Waals surface area contributed by atoms with Gasteiger partial charge in [-0.1, -0.05) is 78.9 Å². The summed E-state index contributed by atoms with van der Waals surface area (Å²) in [4.78, 5) is 27.7. The second-order valence-electron chi connectivity index (χ2n) is 9.84. The summed E-state index contributed by atoms with van der Waals surface area (Å²) in [5.74, 6) is 0.888. The van der Waals surface area contributed by atoms with Crippen molar-refractivity contribution in [2.75, 3.05) is 35.0 Å². The van der Waals surface area contributed by atoms with Gasteiger partial charge in [0.05, 0.1) is 34.9 Å². The summed E-state index contributed by atoms with van der Waals surface area (Å²) in [5, 5.41) is 0. The molecule has 4 aromatic rings. The van der Waals surface area contributed by atoms with Crippen molar-refractivity contribution in [2.45, 2.75) is 25.8 Å². The Hall–Kier alpha value is -4.78. The van der Waals surface area contributed by atoms with Gasteiger partial charge in [-0.05, 0) is 52.8 Å². The van der Waals surface area contributed by atoms with Gasteiger partial charge >= 0.3 is 5.97 Å². The summed E-state index contributed by atoms with van der Waals surface area (Å²) >= 11 is 0. The van der Waals surface area contributed by atoms with Crippen LogP contribution in [0.3, 0.4) is 0 Å². The molecule has 0 saturated heterocycles. The van der Waals surface area contributed by atoms with Crippen molar-refractivity contribution in [3.8, 4) is 28.4 Å². The van der Waals surface area contributed by atoms with Crippen molar-refractivity contribution >= 4 is 11.9 Å². The molecule has 42 heavy (non-hydrogen) atoms. The van der Waals surface area contributed by atoms with Crippen LogP contribution < -0.4 is 14.2 Å². The smallest absolute Gasteiger partial charge is 0.309 e. The van der Waals surface area contributed by atoms with E-state index < -0.39 is 0 Å². The van der Waals surface area contributed by atoms with Gasteiger partial charge in [0.1, 0.15) is 0 Å². The van der Waals surface area contributed by atoms with Crippen molar-refractivity contribution in [3.05, 3.63) is 113 Å². The van der Waals surface area contributed by atoms with Crippen LogP contribution in [0.5, 0.6) is 17.2 Å². The molecule has 4 aromatic carbocycles. The predicted octanol–water partition coefficient (Wildman–Crippen LogP) is 6.37. The number of methoxy groups -OCH3 is 4. The van der Waals surface area contributed by atoms with E-state index in [1.54, 1.807) is 12.1 Å². The maximum absolute atomic E-state index is 13.9. The summed E-state index contributed by atoms with van der Waals surface area (Å²) in [6.07, 6.45) is 1.86. The molecule has 0 radical (unpaired) electrons. The van der Waals surface area contributed by atoms with Crippen LogP contribution in [-0.2, 0) is 28.9 Å². The van der Waals surface area contributed by atoms with Gasteiger partial charge in [0.15, 0.2) is 11.5 Å². The number of benzene rings is 4. The third-order valence-corrected chi connectivity index (χ3v) is 7.15. The summed E-state index contributed by atoms with van der Waals surface area (Å²) in [7, 11) is 6.00. The van der Waals surface area contributed by atoms with E-state index in [9.17, 15) is 9.59 Å². The Balaban J connectivity index is 1.59. The first-order valence-electron chi connectivity index (χ1n) is 13.8. The van der Waals surface area contributed by atoms with Gasteiger partial charge in [0.2, 0.25) is 5.75 Å². The van der Waals surface area contributed by atoms with Gasteiger partial charge in [-0.3, -0.25) is 9.59 Å². The quantitative estimate of drug-likeness (QED) is 0.175. The largest absolute Gasteiger partial charge is 0.493 e. The van der Waals surface area contributed by atoms with Crippen LogP contribution in [0.15, 0.2) is 91.0 Å². The molecule has 218 valence electrons. The van der Waals surface area contributed by atoms with E-state index in [0.717, 1.165) is 35.1 Å². The number of hydrogen-bond acceptors (Lipinski definition) is 6. The lowest BCUT2D eigenvalue weighted by molar-refractivity contribution is -0.139. The Bertz CT molecular complexity index is 1460. The average molecular weight is 568 g/mol. The van der Waals surface area contributed by atoms with Crippen molar-refractivity contribution in [1.82, 2.24) is 4.90 Å². The molecule has 0 bridgehead atoms. The van der Waals surface area contributed by atoms with Crippen LogP contribution in [0.1, 0.15) is 33.5 Å². The highest BCUT2D eigenvalue weighted by atomic mass is 16.5. The lowest BCUT2D eigenvalue weighted by Crippen LogP contribution is -2.32. The van der Waals surface area contributed by atoms with E-state index in [-0.39, 0.29) is 18.3 Å². The Kier molecular flexibility index (Phi) is 10.6. The topological polar surface area (TPSA) is 74.3 Å². The van der Waals surface area contributed by atoms with E-state index in [1.807, 2.05) is 71.6 Å². The number of hydrogen-bond donors (Lipinski definition) is 0. The van der Waals surface area contributed by atoms with Crippen molar-refractivity contribution < 1.29 is 28.5 Å². The molecular weight excluding hydrogens is 530 g/mol. The average Bonchev–Trinajstić information content (AvgIpc) is 3.04. The van der Waals surface area contributed by atoms with Crippen LogP contribution in [0.4, 0.5) is 0 Å². The molecule has 0 aliphatic carbocycles. The lowest BCUT2D eigenvalue weighted by Gasteiger charge is -2.24. The van der Waals surface area contributed by atoms with Crippen LogP contribution in [0.25, 0.3) is 11.1 Å². The van der Waals surface area contributed by atoms with Crippen LogP contribution in [-0.4, -0.2) is 51.8 Å². The number of carbonyl (C=O) groups excluding carboxylic acids is 2. The molecule has 0 heterocycles. The Labute approximate surface area is 247 Å². The monoisotopic (exact) mass is 567 g/mol. The number of carbonyl (C=O) groups is 2. The minimum absolute atomic E-state index is 0.130. The molecule has 0 atom stereocenters. The summed E-state index contributed by atoms with van der Waals surface area (Å²) in [6, 6.07) is 29.5. The van der Waals surface area contributed by atoms with Gasteiger partial charge < -0.3 is 23.8 Å². The van der Waals surface area contributed by atoms with E-state index in [2.05, 4.69) is 12.1 Å². The SMILES string of the molecule is COC(=O)Cc1ccccc1-c1ccc(CN(CCCc2ccccc2)C(=O)c2cc(OC)c(OC)c(OC)c2)cc1. The normalized spacial score (nSPS) is 10.6. The molecule has 0 spiro atoms. The highest BCUT2D eigenvalue weighted by Gasteiger charge is 2.22. The third kappa shape index (κ3) is 7.49. The van der Waals surface area contributed by atoms with Crippen LogP contribution in [0.2, 0.25) is 0 Å². The maximum atomic E-state index is 13.9. The molecule has 0 unspecified atom stereocenters. The number of amides is 1. The Morgan fingerprint density at radius 3 is 1.98 bits per heavy atom.